The third kappa shape index (κ3) is 3.27. The molecule has 78 valence electrons. The molecule has 1 fully saturated rings. The predicted molar refractivity (Wildman–Crippen MR) is 67.5 cm³/mol. The molecular formula is C12H17IO. The van der Waals surface area contributed by atoms with Crippen LogP contribution in [0.25, 0.3) is 0 Å². The Morgan fingerprint density at radius 2 is 2.21 bits per heavy atom. The summed E-state index contributed by atoms with van der Waals surface area (Å²) in [5, 5.41) is 0. The van der Waals surface area contributed by atoms with Gasteiger partial charge in [-0.05, 0) is 25.7 Å². The van der Waals surface area contributed by atoms with Crippen molar-refractivity contribution in [3.05, 3.63) is 0 Å². The molecule has 0 bridgehead atoms. The maximum Gasteiger partial charge on any atom is 0.148 e. The highest BCUT2D eigenvalue weighted by Crippen LogP contribution is 2.37. The summed E-state index contributed by atoms with van der Waals surface area (Å²) in [4.78, 5) is 11.7. The molecule has 0 spiro atoms. The standard InChI is InChI=1S/C12H17IO/c1-2-3-4-6-9-12(13)10-7-5-8-11(12)14/h1H,3-10H2. The van der Waals surface area contributed by atoms with Crippen LogP contribution in [0.4, 0.5) is 0 Å². The van der Waals surface area contributed by atoms with E-state index in [0.29, 0.717) is 5.78 Å². The number of alkyl halides is 1. The minimum atomic E-state index is -0.0510. The number of unbranched alkanes of at least 4 members (excludes halogenated alkanes) is 2. The highest BCUT2D eigenvalue weighted by molar-refractivity contribution is 14.1. The molecule has 14 heavy (non-hydrogen) atoms. The van der Waals surface area contributed by atoms with Gasteiger partial charge in [-0.1, -0.05) is 35.4 Å². The summed E-state index contributed by atoms with van der Waals surface area (Å²) >= 11 is 2.37. The van der Waals surface area contributed by atoms with Crippen LogP contribution in [0, 0.1) is 12.3 Å². The van der Waals surface area contributed by atoms with Crippen molar-refractivity contribution in [2.45, 2.75) is 54.8 Å². The van der Waals surface area contributed by atoms with Gasteiger partial charge in [0.1, 0.15) is 5.78 Å². The van der Waals surface area contributed by atoms with Gasteiger partial charge in [0, 0.05) is 12.8 Å². The fourth-order valence-corrected chi connectivity index (χ4v) is 2.98. The van der Waals surface area contributed by atoms with Crippen LogP contribution in [0.2, 0.25) is 0 Å². The van der Waals surface area contributed by atoms with Crippen LogP contribution in [-0.2, 0) is 4.79 Å². The van der Waals surface area contributed by atoms with Gasteiger partial charge in [0.15, 0.2) is 0 Å². The molecule has 0 aromatic rings. The van der Waals surface area contributed by atoms with E-state index in [1.165, 1.54) is 6.42 Å². The zero-order chi connectivity index (χ0) is 10.4. The van der Waals surface area contributed by atoms with Gasteiger partial charge in [0.2, 0.25) is 0 Å². The molecule has 1 atom stereocenters. The molecule has 0 amide bonds. The van der Waals surface area contributed by atoms with Crippen molar-refractivity contribution in [3.63, 3.8) is 0 Å². The van der Waals surface area contributed by atoms with E-state index in [0.717, 1.165) is 44.9 Å². The first kappa shape index (κ1) is 12.0. The van der Waals surface area contributed by atoms with Crippen LogP contribution < -0.4 is 0 Å². The second-order valence-corrected chi connectivity index (χ2v) is 6.07. The molecule has 0 aromatic heterocycles. The van der Waals surface area contributed by atoms with Crippen LogP contribution in [0.1, 0.15) is 51.4 Å². The third-order valence-corrected chi connectivity index (χ3v) is 4.55. The number of hydrogen-bond donors (Lipinski definition) is 0. The van der Waals surface area contributed by atoms with Crippen LogP contribution in [0.5, 0.6) is 0 Å². The number of terminal acetylenes is 1. The molecule has 2 heteroatoms. The van der Waals surface area contributed by atoms with E-state index in [4.69, 9.17) is 6.42 Å². The molecule has 1 aliphatic rings. The normalized spacial score (nSPS) is 27.3. The van der Waals surface area contributed by atoms with E-state index in [1.54, 1.807) is 0 Å². The summed E-state index contributed by atoms with van der Waals surface area (Å²) in [6.45, 7) is 0. The molecule has 1 nitrogen and oxygen atoms in total. The molecule has 1 aliphatic carbocycles. The highest BCUT2D eigenvalue weighted by atomic mass is 127. The average molecular weight is 304 g/mol. The summed E-state index contributed by atoms with van der Waals surface area (Å²) < 4.78 is -0.0510. The fraction of sp³-hybridized carbons (Fsp3) is 0.750. The second kappa shape index (κ2) is 5.75. The Morgan fingerprint density at radius 1 is 1.43 bits per heavy atom. The first-order valence-electron chi connectivity index (χ1n) is 5.35. The summed E-state index contributed by atoms with van der Waals surface area (Å²) in [7, 11) is 0. The number of ketones is 1. The Hall–Kier alpha value is -0.0400. The minimum absolute atomic E-state index is 0.0510. The van der Waals surface area contributed by atoms with Crippen molar-refractivity contribution >= 4 is 28.4 Å². The van der Waals surface area contributed by atoms with Crippen LogP contribution >= 0.6 is 22.6 Å². The van der Waals surface area contributed by atoms with Crippen LogP contribution in [0.15, 0.2) is 0 Å². The van der Waals surface area contributed by atoms with E-state index in [1.807, 2.05) is 0 Å². The summed E-state index contributed by atoms with van der Waals surface area (Å²) in [6.07, 6.45) is 13.4. The van der Waals surface area contributed by atoms with E-state index in [-0.39, 0.29) is 3.42 Å². The van der Waals surface area contributed by atoms with Gasteiger partial charge in [-0.3, -0.25) is 4.79 Å². The average Bonchev–Trinajstić information content (AvgIpc) is 2.18. The van der Waals surface area contributed by atoms with Gasteiger partial charge in [-0.25, -0.2) is 0 Å². The molecule has 0 aliphatic heterocycles. The largest absolute Gasteiger partial charge is 0.298 e. The maximum absolute atomic E-state index is 11.7. The van der Waals surface area contributed by atoms with E-state index < -0.39 is 0 Å². The quantitative estimate of drug-likeness (QED) is 0.336. The number of rotatable bonds is 4. The smallest absolute Gasteiger partial charge is 0.148 e. The van der Waals surface area contributed by atoms with Crippen molar-refractivity contribution < 1.29 is 4.79 Å². The molecule has 0 radical (unpaired) electrons. The van der Waals surface area contributed by atoms with E-state index in [9.17, 15) is 4.79 Å². The molecule has 1 rings (SSSR count). The lowest BCUT2D eigenvalue weighted by Gasteiger charge is -2.30. The summed E-state index contributed by atoms with van der Waals surface area (Å²) in [6, 6.07) is 0. The predicted octanol–water partition coefficient (Wildman–Crippen LogP) is 3.50. The zero-order valence-electron chi connectivity index (χ0n) is 8.52. The molecule has 0 saturated heterocycles. The number of carbonyl (C=O) groups is 1. The summed E-state index contributed by atoms with van der Waals surface area (Å²) in [5.74, 6) is 3.10. The SMILES string of the molecule is C#CCCCCC1(I)CCCCC1=O. The van der Waals surface area contributed by atoms with Crippen LogP contribution in [0.3, 0.4) is 0 Å². The Labute approximate surface area is 100 Å². The van der Waals surface area contributed by atoms with Gasteiger partial charge in [-0.2, -0.15) is 0 Å². The number of halogens is 1. The van der Waals surface area contributed by atoms with Crippen molar-refractivity contribution in [1.82, 2.24) is 0 Å². The van der Waals surface area contributed by atoms with Crippen molar-refractivity contribution in [2.75, 3.05) is 0 Å². The van der Waals surface area contributed by atoms with Crippen molar-refractivity contribution in [3.8, 4) is 12.3 Å². The number of Topliss-reactive ketones (excluding diaryl/α,β-unsaturated/α-hetero) is 1. The van der Waals surface area contributed by atoms with Crippen molar-refractivity contribution in [2.24, 2.45) is 0 Å². The van der Waals surface area contributed by atoms with Gasteiger partial charge in [0.05, 0.1) is 3.42 Å². The van der Waals surface area contributed by atoms with Gasteiger partial charge >= 0.3 is 0 Å². The molecular weight excluding hydrogens is 287 g/mol. The lowest BCUT2D eigenvalue weighted by molar-refractivity contribution is -0.122. The number of carbonyl (C=O) groups excluding carboxylic acids is 1. The van der Waals surface area contributed by atoms with E-state index in [2.05, 4.69) is 28.5 Å². The van der Waals surface area contributed by atoms with Crippen molar-refractivity contribution in [1.29, 1.82) is 0 Å². The van der Waals surface area contributed by atoms with E-state index >= 15 is 0 Å². The lowest BCUT2D eigenvalue weighted by Crippen LogP contribution is -2.34. The number of hydrogen-bond acceptors (Lipinski definition) is 1. The van der Waals surface area contributed by atoms with Gasteiger partial charge in [0.25, 0.3) is 0 Å². The fourth-order valence-electron chi connectivity index (χ4n) is 1.95. The highest BCUT2D eigenvalue weighted by Gasteiger charge is 2.35. The Kier molecular flexibility index (Phi) is 4.94. The molecule has 0 N–H and O–H groups in total. The Balaban J connectivity index is 2.33. The first-order chi connectivity index (χ1) is 6.69. The topological polar surface area (TPSA) is 17.1 Å². The monoisotopic (exact) mass is 304 g/mol. The third-order valence-electron chi connectivity index (χ3n) is 2.87. The summed E-state index contributed by atoms with van der Waals surface area (Å²) in [5.41, 5.74) is 0. The zero-order valence-corrected chi connectivity index (χ0v) is 10.7. The Bertz CT molecular complexity index is 241. The Morgan fingerprint density at radius 3 is 2.86 bits per heavy atom. The molecule has 1 saturated carbocycles. The lowest BCUT2D eigenvalue weighted by atomic mass is 9.84. The molecule has 1 unspecified atom stereocenters. The minimum Gasteiger partial charge on any atom is -0.298 e. The first-order valence-corrected chi connectivity index (χ1v) is 6.42. The maximum atomic E-state index is 11.7. The second-order valence-electron chi connectivity index (χ2n) is 4.01. The van der Waals surface area contributed by atoms with Gasteiger partial charge < -0.3 is 0 Å². The molecule has 0 aromatic carbocycles. The van der Waals surface area contributed by atoms with Crippen LogP contribution in [-0.4, -0.2) is 9.20 Å². The van der Waals surface area contributed by atoms with Gasteiger partial charge in [-0.15, -0.1) is 12.3 Å². The molecule has 0 heterocycles.